The third kappa shape index (κ3) is 9.79. The molecule has 0 spiro atoms. The van der Waals surface area contributed by atoms with Crippen LogP contribution in [0.2, 0.25) is 0 Å². The van der Waals surface area contributed by atoms with Crippen LogP contribution in [0.5, 0.6) is 0 Å². The van der Waals surface area contributed by atoms with Crippen LogP contribution in [0.1, 0.15) is 0 Å². The van der Waals surface area contributed by atoms with E-state index in [0.29, 0.717) is 0 Å². The van der Waals surface area contributed by atoms with Crippen molar-refractivity contribution in [2.24, 2.45) is 0 Å². The van der Waals surface area contributed by atoms with Crippen LogP contribution in [0, 0.1) is 0 Å². The van der Waals surface area contributed by atoms with Gasteiger partial charge in [0.15, 0.2) is 0 Å². The first kappa shape index (κ1) is 11.4. The molecule has 0 radical (unpaired) electrons. The van der Waals surface area contributed by atoms with Crippen molar-refractivity contribution in [3.63, 3.8) is 0 Å². The van der Waals surface area contributed by atoms with Gasteiger partial charge in [0, 0.05) is 14.6 Å². The normalized spacial score (nSPS) is 7.50. The van der Waals surface area contributed by atoms with E-state index >= 15 is 0 Å². The van der Waals surface area contributed by atoms with Gasteiger partial charge in [0.25, 0.3) is 0 Å². The summed E-state index contributed by atoms with van der Waals surface area (Å²) in [5.74, 6) is 0. The molecule has 0 rings (SSSR count). The molecule has 0 unspecified atom stereocenters. The van der Waals surface area contributed by atoms with Gasteiger partial charge in [-0.3, -0.25) is 0 Å². The van der Waals surface area contributed by atoms with E-state index in [1.54, 1.807) is 0 Å². The van der Waals surface area contributed by atoms with Gasteiger partial charge in [-0.1, -0.05) is 0 Å². The second-order valence-electron chi connectivity index (χ2n) is 0.713. The fourth-order valence-electron chi connectivity index (χ4n) is 0.0907. The molecule has 0 heterocycles. The van der Waals surface area contributed by atoms with Crippen molar-refractivity contribution >= 4 is 14.6 Å². The first-order valence-electron chi connectivity index (χ1n) is 1.41. The zero-order valence-electron chi connectivity index (χ0n) is 3.60. The van der Waals surface area contributed by atoms with Gasteiger partial charge in [-0.25, -0.2) is 0 Å². The third-order valence-electron chi connectivity index (χ3n) is 0.222. The van der Waals surface area contributed by atoms with Crippen molar-refractivity contribution in [1.29, 1.82) is 0 Å². The zero-order valence-corrected chi connectivity index (χ0v) is 5.61. The number of hydrogen-bond donors (Lipinski definition) is 0. The van der Waals surface area contributed by atoms with E-state index in [-0.39, 0.29) is 21.1 Å². The first-order chi connectivity index (χ1) is 3.13. The summed E-state index contributed by atoms with van der Waals surface area (Å²) in [4.78, 5) is 0. The van der Waals surface area contributed by atoms with E-state index in [1.807, 2.05) is 0 Å². The van der Waals surface area contributed by atoms with Crippen LogP contribution in [-0.2, 0) is 25.6 Å². The molecule has 42 valence electrons. The smallest absolute Gasteiger partial charge is 0.872 e. The van der Waals surface area contributed by atoms with Crippen molar-refractivity contribution in [1.82, 2.24) is 0 Å². The van der Waals surface area contributed by atoms with E-state index in [4.69, 9.17) is 20.1 Å². The average molecular weight is 198 g/mol. The molecular weight excluding hydrogens is 198 g/mol. The standard InChI is InChI=1S/B2O5.Mo/c3-1(4)7-2(5)6;/q-4;+4. The summed E-state index contributed by atoms with van der Waals surface area (Å²) >= 11 is 0. The predicted molar refractivity (Wildman–Crippen MR) is 12.6 cm³/mol. The third-order valence-corrected chi connectivity index (χ3v) is 0.222. The molecule has 0 saturated carbocycles. The maximum atomic E-state index is 9.16. The Bertz CT molecular complexity index is 39.7. The largest absolute Gasteiger partial charge is 4.00 e. The quantitative estimate of drug-likeness (QED) is 0.411. The SMILES string of the molecule is [Mo+4].[O-]B([O-])OB([O-])[O-]. The van der Waals surface area contributed by atoms with Crippen LogP contribution >= 0.6 is 0 Å². The Balaban J connectivity index is 0. The topological polar surface area (TPSA) is 101 Å². The first-order valence-corrected chi connectivity index (χ1v) is 1.41. The molecule has 0 aliphatic heterocycles. The van der Waals surface area contributed by atoms with Crippen molar-refractivity contribution in [2.45, 2.75) is 0 Å². The predicted octanol–water partition coefficient (Wildman–Crippen LogP) is -5.59. The minimum absolute atomic E-state index is 0. The summed E-state index contributed by atoms with van der Waals surface area (Å²) in [7, 11) is -5.50. The van der Waals surface area contributed by atoms with E-state index in [9.17, 15) is 0 Å². The van der Waals surface area contributed by atoms with Gasteiger partial charge in [0.1, 0.15) is 0 Å². The van der Waals surface area contributed by atoms with Crippen LogP contribution in [0.3, 0.4) is 0 Å². The average Bonchev–Trinajstić information content (AvgIpc) is 1.27. The molecule has 0 bridgehead atoms. The van der Waals surface area contributed by atoms with Gasteiger partial charge >= 0.3 is 21.1 Å². The minimum Gasteiger partial charge on any atom is -0.872 e. The summed E-state index contributed by atoms with van der Waals surface area (Å²) in [5.41, 5.74) is 0. The molecule has 0 fully saturated rings. The van der Waals surface area contributed by atoms with Crippen LogP contribution in [0.25, 0.3) is 0 Å². The Morgan fingerprint density at radius 1 is 0.875 bits per heavy atom. The molecule has 0 N–H and O–H groups in total. The molecule has 0 aromatic heterocycles. The molecule has 8 heteroatoms. The maximum absolute atomic E-state index is 9.16. The molecule has 0 aromatic carbocycles. The molecule has 5 nitrogen and oxygen atoms in total. The van der Waals surface area contributed by atoms with Gasteiger partial charge in [-0.05, 0) is 0 Å². The molecule has 0 atom stereocenters. The summed E-state index contributed by atoms with van der Waals surface area (Å²) in [6, 6.07) is 0. The Hall–Kier alpha value is 0.618. The maximum Gasteiger partial charge on any atom is 4.00 e. The summed E-state index contributed by atoms with van der Waals surface area (Å²) in [6.07, 6.45) is 0. The summed E-state index contributed by atoms with van der Waals surface area (Å²) < 4.78 is 3.03. The van der Waals surface area contributed by atoms with Crippen molar-refractivity contribution in [3.8, 4) is 0 Å². The Morgan fingerprint density at radius 3 is 1.12 bits per heavy atom. The van der Waals surface area contributed by atoms with E-state index in [2.05, 4.69) is 4.57 Å². The molecular formula is B2MoO5. The van der Waals surface area contributed by atoms with Gasteiger partial charge in [0.05, 0.1) is 0 Å². The number of hydrogen-bond acceptors (Lipinski definition) is 5. The fourth-order valence-corrected chi connectivity index (χ4v) is 0.0907. The fraction of sp³-hybridized carbons (Fsp3) is 0. The van der Waals surface area contributed by atoms with Crippen molar-refractivity contribution in [3.05, 3.63) is 0 Å². The van der Waals surface area contributed by atoms with Crippen LogP contribution < -0.4 is 20.1 Å². The van der Waals surface area contributed by atoms with Crippen LogP contribution in [-0.4, -0.2) is 14.6 Å². The van der Waals surface area contributed by atoms with Crippen LogP contribution in [0.4, 0.5) is 0 Å². The second-order valence-corrected chi connectivity index (χ2v) is 0.713. The van der Waals surface area contributed by atoms with Gasteiger partial charge in [0.2, 0.25) is 0 Å². The number of rotatable bonds is 2. The van der Waals surface area contributed by atoms with Crippen LogP contribution in [0.15, 0.2) is 0 Å². The molecule has 0 aliphatic rings. The minimum atomic E-state index is -2.75. The van der Waals surface area contributed by atoms with E-state index in [1.165, 1.54) is 0 Å². The Morgan fingerprint density at radius 2 is 1.12 bits per heavy atom. The molecule has 0 aliphatic carbocycles. The molecule has 0 aromatic rings. The van der Waals surface area contributed by atoms with Crippen molar-refractivity contribution < 1.29 is 45.7 Å². The zero-order chi connectivity index (χ0) is 5.86. The molecule has 0 saturated heterocycles. The van der Waals surface area contributed by atoms with Gasteiger partial charge in [-0.15, -0.1) is 0 Å². The van der Waals surface area contributed by atoms with E-state index in [0.717, 1.165) is 0 Å². The van der Waals surface area contributed by atoms with Crippen molar-refractivity contribution in [2.75, 3.05) is 0 Å². The molecule has 8 heavy (non-hydrogen) atoms. The van der Waals surface area contributed by atoms with Gasteiger partial charge in [-0.2, -0.15) is 0 Å². The second kappa shape index (κ2) is 5.75. The Labute approximate surface area is 60.9 Å². The van der Waals surface area contributed by atoms with E-state index < -0.39 is 14.6 Å². The monoisotopic (exact) mass is 200 g/mol. The Kier molecular flexibility index (Phi) is 8.21. The molecule has 0 amide bonds. The summed E-state index contributed by atoms with van der Waals surface area (Å²) in [6.45, 7) is 0. The summed E-state index contributed by atoms with van der Waals surface area (Å²) in [5, 5.41) is 36.6. The van der Waals surface area contributed by atoms with Gasteiger partial charge < -0.3 is 24.7 Å².